The number of benzene rings is 1. The normalized spacial score (nSPS) is 26.8. The number of aromatic amines is 1. The van der Waals surface area contributed by atoms with Crippen molar-refractivity contribution < 1.29 is 9.90 Å². The van der Waals surface area contributed by atoms with Gasteiger partial charge in [0, 0.05) is 23.6 Å². The van der Waals surface area contributed by atoms with Gasteiger partial charge in [0.05, 0.1) is 17.2 Å². The number of H-pyrrole nitrogens is 1. The SMILES string of the molecule is CCc1ccc([C@H]2c3c(n[nH]c3C)C[C@](C)(O)[C@@H]2C(C)=O)cc1. The highest BCUT2D eigenvalue weighted by molar-refractivity contribution is 5.82. The number of rotatable bonds is 3. The molecule has 0 radical (unpaired) electrons. The Morgan fingerprint density at radius 3 is 2.61 bits per heavy atom. The predicted molar refractivity (Wildman–Crippen MR) is 89.5 cm³/mol. The molecule has 1 aromatic heterocycles. The van der Waals surface area contributed by atoms with E-state index >= 15 is 0 Å². The van der Waals surface area contributed by atoms with E-state index in [1.165, 1.54) is 5.56 Å². The van der Waals surface area contributed by atoms with Gasteiger partial charge >= 0.3 is 0 Å². The third kappa shape index (κ3) is 2.61. The summed E-state index contributed by atoms with van der Waals surface area (Å²) in [6.45, 7) is 7.43. The van der Waals surface area contributed by atoms with Crippen LogP contribution in [0.4, 0.5) is 0 Å². The summed E-state index contributed by atoms with van der Waals surface area (Å²) in [5.41, 5.74) is 4.16. The van der Waals surface area contributed by atoms with Gasteiger partial charge in [0.15, 0.2) is 0 Å². The highest BCUT2D eigenvalue weighted by atomic mass is 16.3. The lowest BCUT2D eigenvalue weighted by Crippen LogP contribution is -2.48. The molecule has 4 heteroatoms. The lowest BCUT2D eigenvalue weighted by Gasteiger charge is -2.41. The lowest BCUT2D eigenvalue weighted by molar-refractivity contribution is -0.130. The molecule has 1 heterocycles. The fraction of sp³-hybridized carbons (Fsp3) is 0.474. The van der Waals surface area contributed by atoms with Crippen molar-refractivity contribution in [2.24, 2.45) is 5.92 Å². The molecular weight excluding hydrogens is 288 g/mol. The summed E-state index contributed by atoms with van der Waals surface area (Å²) < 4.78 is 0. The molecule has 1 aromatic carbocycles. The molecule has 3 atom stereocenters. The number of nitrogens with one attached hydrogen (secondary N) is 1. The molecule has 2 aromatic rings. The Labute approximate surface area is 136 Å². The minimum atomic E-state index is -1.09. The number of aliphatic hydroxyl groups is 1. The Balaban J connectivity index is 2.19. The standard InChI is InChI=1S/C19H24N2O2/c1-5-13-6-8-14(9-7-13)17-16-11(2)20-21-15(16)10-19(4,23)18(17)12(3)22/h6-9,17-18,23H,5,10H2,1-4H3,(H,20,21)/t17-,18+,19-/m0/s1. The maximum absolute atomic E-state index is 12.4. The minimum absolute atomic E-state index is 0.0193. The number of aromatic nitrogens is 2. The summed E-state index contributed by atoms with van der Waals surface area (Å²) in [7, 11) is 0. The Hall–Kier alpha value is -1.94. The lowest BCUT2D eigenvalue weighted by atomic mass is 9.64. The third-order valence-corrected chi connectivity index (χ3v) is 5.10. The van der Waals surface area contributed by atoms with Crippen molar-refractivity contribution in [1.82, 2.24) is 10.2 Å². The summed E-state index contributed by atoms with van der Waals surface area (Å²) >= 11 is 0. The van der Waals surface area contributed by atoms with E-state index in [2.05, 4.69) is 41.4 Å². The maximum atomic E-state index is 12.4. The molecule has 0 aliphatic heterocycles. The molecule has 3 rings (SSSR count). The van der Waals surface area contributed by atoms with Crippen LogP contribution in [0.1, 0.15) is 54.8 Å². The van der Waals surface area contributed by atoms with Gasteiger partial charge in [0.1, 0.15) is 5.78 Å². The predicted octanol–water partition coefficient (Wildman–Crippen LogP) is 2.92. The highest BCUT2D eigenvalue weighted by Crippen LogP contribution is 2.46. The summed E-state index contributed by atoms with van der Waals surface area (Å²) in [4.78, 5) is 12.4. The van der Waals surface area contributed by atoms with Crippen molar-refractivity contribution in [3.8, 4) is 0 Å². The summed E-state index contributed by atoms with van der Waals surface area (Å²) in [5.74, 6) is -0.597. The van der Waals surface area contributed by atoms with Gasteiger partial charge in [-0.15, -0.1) is 0 Å². The summed E-state index contributed by atoms with van der Waals surface area (Å²) in [6.07, 6.45) is 1.38. The summed E-state index contributed by atoms with van der Waals surface area (Å²) in [5, 5.41) is 18.3. The molecule has 23 heavy (non-hydrogen) atoms. The molecular formula is C19H24N2O2. The molecule has 122 valence electrons. The smallest absolute Gasteiger partial charge is 0.136 e. The topological polar surface area (TPSA) is 66.0 Å². The van der Waals surface area contributed by atoms with Gasteiger partial charge in [-0.3, -0.25) is 9.89 Å². The zero-order chi connectivity index (χ0) is 16.8. The van der Waals surface area contributed by atoms with Gasteiger partial charge in [0.2, 0.25) is 0 Å². The van der Waals surface area contributed by atoms with Crippen LogP contribution < -0.4 is 0 Å². The minimum Gasteiger partial charge on any atom is -0.389 e. The molecule has 0 bridgehead atoms. The van der Waals surface area contributed by atoms with Crippen LogP contribution in [-0.2, 0) is 17.6 Å². The molecule has 0 saturated carbocycles. The average Bonchev–Trinajstić information content (AvgIpc) is 2.85. The number of carbonyl (C=O) groups is 1. The molecule has 1 aliphatic rings. The second-order valence-electron chi connectivity index (χ2n) is 6.90. The molecule has 0 spiro atoms. The third-order valence-electron chi connectivity index (χ3n) is 5.10. The molecule has 4 nitrogen and oxygen atoms in total. The first-order valence-electron chi connectivity index (χ1n) is 8.20. The van der Waals surface area contributed by atoms with E-state index in [0.717, 1.165) is 28.9 Å². The Bertz CT molecular complexity index is 728. The fourth-order valence-corrected chi connectivity index (χ4v) is 4.00. The van der Waals surface area contributed by atoms with E-state index in [-0.39, 0.29) is 11.7 Å². The van der Waals surface area contributed by atoms with Gasteiger partial charge in [-0.25, -0.2) is 0 Å². The van der Waals surface area contributed by atoms with Crippen LogP contribution in [0.5, 0.6) is 0 Å². The number of aryl methyl sites for hydroxylation is 2. The zero-order valence-corrected chi connectivity index (χ0v) is 14.2. The Morgan fingerprint density at radius 1 is 1.39 bits per heavy atom. The first-order chi connectivity index (χ1) is 10.8. The second-order valence-corrected chi connectivity index (χ2v) is 6.90. The molecule has 2 N–H and O–H groups in total. The number of hydrogen-bond donors (Lipinski definition) is 2. The number of Topliss-reactive ketones (excluding diaryl/α,β-unsaturated/α-hetero) is 1. The van der Waals surface area contributed by atoms with Crippen molar-refractivity contribution in [2.75, 3.05) is 0 Å². The van der Waals surface area contributed by atoms with Crippen LogP contribution >= 0.6 is 0 Å². The van der Waals surface area contributed by atoms with Gasteiger partial charge < -0.3 is 5.11 Å². The van der Waals surface area contributed by atoms with Crippen molar-refractivity contribution in [2.45, 2.75) is 52.1 Å². The van der Waals surface area contributed by atoms with E-state index in [1.54, 1.807) is 13.8 Å². The van der Waals surface area contributed by atoms with Crippen LogP contribution in [0.2, 0.25) is 0 Å². The molecule has 1 aliphatic carbocycles. The van der Waals surface area contributed by atoms with Crippen molar-refractivity contribution in [3.05, 3.63) is 52.3 Å². The van der Waals surface area contributed by atoms with E-state index < -0.39 is 11.5 Å². The number of carbonyl (C=O) groups excluding carboxylic acids is 1. The Kier molecular flexibility index (Phi) is 3.88. The number of hydrogen-bond acceptors (Lipinski definition) is 3. The number of nitrogens with zero attached hydrogens (tertiary/aromatic N) is 1. The van der Waals surface area contributed by atoms with E-state index in [4.69, 9.17) is 0 Å². The first-order valence-corrected chi connectivity index (χ1v) is 8.20. The second kappa shape index (κ2) is 5.60. The molecule has 0 fully saturated rings. The van der Waals surface area contributed by atoms with Crippen LogP contribution in [0, 0.1) is 12.8 Å². The molecule has 0 saturated heterocycles. The van der Waals surface area contributed by atoms with Gasteiger partial charge in [-0.2, -0.15) is 5.10 Å². The first kappa shape index (κ1) is 15.9. The van der Waals surface area contributed by atoms with Crippen LogP contribution in [0.25, 0.3) is 0 Å². The van der Waals surface area contributed by atoms with Gasteiger partial charge in [0.25, 0.3) is 0 Å². The fourth-order valence-electron chi connectivity index (χ4n) is 4.00. The van der Waals surface area contributed by atoms with E-state index in [0.29, 0.717) is 6.42 Å². The van der Waals surface area contributed by atoms with Gasteiger partial charge in [-0.05, 0) is 38.3 Å². The van der Waals surface area contributed by atoms with E-state index in [1.807, 2.05) is 6.92 Å². The van der Waals surface area contributed by atoms with Gasteiger partial charge in [-0.1, -0.05) is 31.2 Å². The van der Waals surface area contributed by atoms with Crippen LogP contribution in [0.15, 0.2) is 24.3 Å². The van der Waals surface area contributed by atoms with Crippen LogP contribution in [-0.4, -0.2) is 26.7 Å². The number of fused-ring (bicyclic) bond motifs is 1. The van der Waals surface area contributed by atoms with Crippen molar-refractivity contribution in [3.63, 3.8) is 0 Å². The maximum Gasteiger partial charge on any atom is 0.136 e. The van der Waals surface area contributed by atoms with E-state index in [9.17, 15) is 9.90 Å². The van der Waals surface area contributed by atoms with Crippen molar-refractivity contribution in [1.29, 1.82) is 0 Å². The molecule has 0 unspecified atom stereocenters. The largest absolute Gasteiger partial charge is 0.389 e. The Morgan fingerprint density at radius 2 is 2.04 bits per heavy atom. The summed E-state index contributed by atoms with van der Waals surface area (Å²) in [6, 6.07) is 8.37. The zero-order valence-electron chi connectivity index (χ0n) is 14.2. The monoisotopic (exact) mass is 312 g/mol. The van der Waals surface area contributed by atoms with Crippen molar-refractivity contribution >= 4 is 5.78 Å². The molecule has 0 amide bonds. The highest BCUT2D eigenvalue weighted by Gasteiger charge is 2.48. The number of ketones is 1. The average molecular weight is 312 g/mol. The quantitative estimate of drug-likeness (QED) is 0.916. The van der Waals surface area contributed by atoms with Crippen LogP contribution in [0.3, 0.4) is 0 Å².